The summed E-state index contributed by atoms with van der Waals surface area (Å²) in [6.07, 6.45) is -7.94. The third-order valence-corrected chi connectivity index (χ3v) is 8.56. The van der Waals surface area contributed by atoms with E-state index in [-0.39, 0.29) is 36.8 Å². The molecule has 0 aromatic carbocycles. The van der Waals surface area contributed by atoms with Gasteiger partial charge in [-0.1, -0.05) is 24.3 Å². The van der Waals surface area contributed by atoms with Gasteiger partial charge in [0.25, 0.3) is 0 Å². The topological polar surface area (TPSA) is 211 Å². The number of fused-ring (bicyclic) bond motifs is 4. The van der Waals surface area contributed by atoms with Gasteiger partial charge in [0.2, 0.25) is 0 Å². The molecule has 0 radical (unpaired) electrons. The van der Waals surface area contributed by atoms with Gasteiger partial charge in [-0.15, -0.1) is 13.2 Å². The molecule has 46 heavy (non-hydrogen) atoms. The number of carbonyl (C=O) groups excluding carboxylic acids is 2. The molecule has 14 heteroatoms. The number of esters is 2. The van der Waals surface area contributed by atoms with Crippen LogP contribution in [0.25, 0.3) is 0 Å². The van der Waals surface area contributed by atoms with Gasteiger partial charge in [-0.3, -0.25) is 0 Å². The zero-order valence-electron chi connectivity index (χ0n) is 26.7. The SMILES string of the molecule is C=CC1(C)CC/C=C(/C)C(=O)OCC2OC(OC(C)(C=C)CC/C=C(/C)C(=O)OCC3OC(O1)C(O)C(O)C3O)C(O)C(O)C2O. The Morgan fingerprint density at radius 2 is 1.00 bits per heavy atom. The second-order valence-corrected chi connectivity index (χ2v) is 12.3. The third-order valence-electron chi connectivity index (χ3n) is 8.56. The molecule has 0 spiro atoms. The second kappa shape index (κ2) is 16.1. The first kappa shape index (κ1) is 38.0. The van der Waals surface area contributed by atoms with Crippen molar-refractivity contribution in [2.45, 2.75) is 126 Å². The molecule has 12 atom stereocenters. The van der Waals surface area contributed by atoms with E-state index in [4.69, 9.17) is 28.4 Å². The van der Waals surface area contributed by atoms with Crippen molar-refractivity contribution in [3.8, 4) is 0 Å². The predicted molar refractivity (Wildman–Crippen MR) is 161 cm³/mol. The molecule has 6 N–H and O–H groups in total. The number of hydrogen-bond donors (Lipinski definition) is 6. The van der Waals surface area contributed by atoms with Gasteiger partial charge in [-0.25, -0.2) is 9.59 Å². The number of carbonyl (C=O) groups is 2. The quantitative estimate of drug-likeness (QED) is 0.172. The molecule has 0 aromatic heterocycles. The minimum Gasteiger partial charge on any atom is -0.459 e. The second-order valence-electron chi connectivity index (χ2n) is 12.3. The van der Waals surface area contributed by atoms with E-state index in [1.807, 2.05) is 0 Å². The number of cyclic esters (lactones) is 2. The first-order valence-electron chi connectivity index (χ1n) is 15.2. The number of allylic oxidation sites excluding steroid dienone is 2. The molecule has 2 saturated heterocycles. The van der Waals surface area contributed by atoms with E-state index in [1.165, 1.54) is 26.0 Å². The molecule has 4 bridgehead atoms. The molecule has 3 aliphatic heterocycles. The predicted octanol–water partition coefficient (Wildman–Crippen LogP) is 0.0772. The van der Waals surface area contributed by atoms with Gasteiger partial charge >= 0.3 is 11.9 Å². The smallest absolute Gasteiger partial charge is 0.333 e. The Labute approximate surface area is 268 Å². The molecule has 12 unspecified atom stereocenters. The van der Waals surface area contributed by atoms with Gasteiger partial charge < -0.3 is 59.1 Å². The summed E-state index contributed by atoms with van der Waals surface area (Å²) in [6.45, 7) is 13.0. The molecule has 3 heterocycles. The van der Waals surface area contributed by atoms with E-state index < -0.39 is 97.8 Å². The summed E-state index contributed by atoms with van der Waals surface area (Å²) in [6, 6.07) is 0. The van der Waals surface area contributed by atoms with Crippen LogP contribution in [0.15, 0.2) is 48.6 Å². The van der Waals surface area contributed by atoms with E-state index in [0.717, 1.165) is 0 Å². The Hall–Kier alpha value is -2.50. The summed E-state index contributed by atoms with van der Waals surface area (Å²) in [4.78, 5) is 25.5. The van der Waals surface area contributed by atoms with Crippen LogP contribution in [-0.2, 0) is 38.0 Å². The number of rotatable bonds is 2. The van der Waals surface area contributed by atoms with Gasteiger partial charge in [-0.05, 0) is 53.4 Å². The number of aliphatic hydroxyl groups is 6. The van der Waals surface area contributed by atoms with Crippen LogP contribution in [0.2, 0.25) is 0 Å². The molecule has 0 saturated carbocycles. The van der Waals surface area contributed by atoms with Crippen LogP contribution in [0, 0.1) is 0 Å². The lowest BCUT2D eigenvalue weighted by Crippen LogP contribution is -2.60. The Morgan fingerprint density at radius 3 is 1.33 bits per heavy atom. The van der Waals surface area contributed by atoms with Crippen LogP contribution in [0.4, 0.5) is 0 Å². The lowest BCUT2D eigenvalue weighted by Gasteiger charge is -2.43. The minimum atomic E-state index is -1.66. The largest absolute Gasteiger partial charge is 0.459 e. The maximum atomic E-state index is 12.7. The van der Waals surface area contributed by atoms with Gasteiger partial charge in [0.05, 0.1) is 11.2 Å². The van der Waals surface area contributed by atoms with Crippen LogP contribution in [0.3, 0.4) is 0 Å². The van der Waals surface area contributed by atoms with E-state index in [1.54, 1.807) is 26.0 Å². The Balaban J connectivity index is 1.87. The van der Waals surface area contributed by atoms with Crippen molar-refractivity contribution in [3.05, 3.63) is 48.6 Å². The Morgan fingerprint density at radius 1 is 0.652 bits per heavy atom. The molecule has 3 aliphatic rings. The number of hydrogen-bond acceptors (Lipinski definition) is 14. The number of ether oxygens (including phenoxy) is 6. The molecule has 3 rings (SSSR count). The van der Waals surface area contributed by atoms with Crippen LogP contribution in [-0.4, -0.2) is 128 Å². The molecular formula is C32H48O14. The standard InChI is InChI=1S/C32H48O14/c1-7-31(5)13-9-11-17(3)27(39)42-16-20-22(34)24(36)26(38)30(44-20)46-32(6,8-2)14-10-12-18(4)28(40)41-15-19-21(33)23(35)25(37)29(43-19)45-31/h7-8,11-12,19-26,29-30,33-38H,1-2,9-10,13-16H2,3-6H3/b17-11-,18-12-. The van der Waals surface area contributed by atoms with Gasteiger partial charge in [-0.2, -0.15) is 0 Å². The van der Waals surface area contributed by atoms with Crippen LogP contribution >= 0.6 is 0 Å². The lowest BCUT2D eigenvalue weighted by atomic mass is 9.96. The summed E-state index contributed by atoms with van der Waals surface area (Å²) in [7, 11) is 0. The van der Waals surface area contributed by atoms with E-state index in [2.05, 4.69) is 13.2 Å². The molecule has 2 fully saturated rings. The van der Waals surface area contributed by atoms with Crippen molar-refractivity contribution >= 4 is 11.9 Å². The lowest BCUT2D eigenvalue weighted by molar-refractivity contribution is -0.320. The van der Waals surface area contributed by atoms with Crippen LogP contribution in [0.1, 0.15) is 53.4 Å². The van der Waals surface area contributed by atoms with E-state index in [0.29, 0.717) is 0 Å². The fraction of sp³-hybridized carbons (Fsp3) is 0.688. The zero-order valence-corrected chi connectivity index (χ0v) is 26.7. The first-order chi connectivity index (χ1) is 21.5. The van der Waals surface area contributed by atoms with E-state index in [9.17, 15) is 40.2 Å². The minimum absolute atomic E-state index is 0.219. The normalized spacial score (nSPS) is 45.0. The highest BCUT2D eigenvalue weighted by Crippen LogP contribution is 2.31. The molecule has 0 amide bonds. The van der Waals surface area contributed by atoms with E-state index >= 15 is 0 Å². The van der Waals surface area contributed by atoms with Crippen LogP contribution in [0.5, 0.6) is 0 Å². The maximum Gasteiger partial charge on any atom is 0.333 e. The van der Waals surface area contributed by atoms with Crippen molar-refractivity contribution in [2.24, 2.45) is 0 Å². The summed E-state index contributed by atoms with van der Waals surface area (Å²) in [5.74, 6) is -1.44. The van der Waals surface area contributed by atoms with Gasteiger partial charge in [0, 0.05) is 11.1 Å². The highest BCUT2D eigenvalue weighted by molar-refractivity contribution is 5.88. The summed E-state index contributed by atoms with van der Waals surface area (Å²) >= 11 is 0. The van der Waals surface area contributed by atoms with Crippen molar-refractivity contribution in [2.75, 3.05) is 13.2 Å². The fourth-order valence-corrected chi connectivity index (χ4v) is 5.11. The highest BCUT2D eigenvalue weighted by Gasteiger charge is 2.48. The average molecular weight is 657 g/mol. The molecular weight excluding hydrogens is 608 g/mol. The van der Waals surface area contributed by atoms with Crippen molar-refractivity contribution < 1.29 is 68.6 Å². The maximum absolute atomic E-state index is 12.7. The Bertz CT molecular complexity index is 1070. The van der Waals surface area contributed by atoms with Crippen LogP contribution < -0.4 is 0 Å². The summed E-state index contributed by atoms with van der Waals surface area (Å²) < 4.78 is 34.1. The fourth-order valence-electron chi connectivity index (χ4n) is 5.11. The van der Waals surface area contributed by atoms with Gasteiger partial charge in [0.1, 0.15) is 62.0 Å². The molecule has 0 aliphatic carbocycles. The monoisotopic (exact) mass is 656 g/mol. The average Bonchev–Trinajstić information content (AvgIpc) is 3.03. The Kier molecular flexibility index (Phi) is 13.3. The molecule has 14 nitrogen and oxygen atoms in total. The van der Waals surface area contributed by atoms with Gasteiger partial charge in [0.15, 0.2) is 12.6 Å². The first-order valence-corrected chi connectivity index (χ1v) is 15.2. The summed E-state index contributed by atoms with van der Waals surface area (Å²) in [5.41, 5.74) is -1.82. The number of aliphatic hydroxyl groups excluding tert-OH is 6. The summed E-state index contributed by atoms with van der Waals surface area (Å²) in [5, 5.41) is 63.2. The molecule has 260 valence electrons. The highest BCUT2D eigenvalue weighted by atomic mass is 16.7. The third kappa shape index (κ3) is 9.31. The zero-order chi connectivity index (χ0) is 34.4. The van der Waals surface area contributed by atoms with Crippen molar-refractivity contribution in [1.82, 2.24) is 0 Å². The van der Waals surface area contributed by atoms with Crippen molar-refractivity contribution in [1.29, 1.82) is 0 Å². The van der Waals surface area contributed by atoms with Crippen molar-refractivity contribution in [3.63, 3.8) is 0 Å². The molecule has 0 aromatic rings.